The van der Waals surface area contributed by atoms with Crippen LogP contribution in [0.2, 0.25) is 5.02 Å². The molecular formula is C23H21ClFNO3. The molecule has 3 saturated carbocycles. The molecule has 0 N–H and O–H groups in total. The maximum atomic E-state index is 14.0. The Balaban J connectivity index is 1.48. The highest BCUT2D eigenvalue weighted by atomic mass is 35.5. The van der Waals surface area contributed by atoms with Crippen LogP contribution in [0.1, 0.15) is 41.9 Å². The van der Waals surface area contributed by atoms with Gasteiger partial charge in [-0.3, -0.25) is 9.59 Å². The average Bonchev–Trinajstić information content (AvgIpc) is 3.33. The van der Waals surface area contributed by atoms with E-state index in [4.69, 9.17) is 16.3 Å². The number of hydrogen-bond acceptors (Lipinski definition) is 4. The molecule has 0 spiro atoms. The number of aromatic nitrogens is 1. The summed E-state index contributed by atoms with van der Waals surface area (Å²) in [5, 5.41) is 0.190. The first-order chi connectivity index (χ1) is 13.8. The first-order valence-electron chi connectivity index (χ1n) is 10.0. The Morgan fingerprint density at radius 1 is 1.03 bits per heavy atom. The number of aryl methyl sites for hydroxylation is 2. The van der Waals surface area contributed by atoms with E-state index >= 15 is 0 Å². The second-order valence-corrected chi connectivity index (χ2v) is 9.07. The van der Waals surface area contributed by atoms with Crippen LogP contribution in [0.5, 0.6) is 11.6 Å². The minimum atomic E-state index is -0.673. The van der Waals surface area contributed by atoms with Crippen LogP contribution in [-0.4, -0.2) is 16.6 Å². The summed E-state index contributed by atoms with van der Waals surface area (Å²) in [4.78, 5) is 30.3. The van der Waals surface area contributed by atoms with Crippen LogP contribution in [0.15, 0.2) is 24.4 Å². The predicted molar refractivity (Wildman–Crippen MR) is 106 cm³/mol. The van der Waals surface area contributed by atoms with Gasteiger partial charge in [0, 0.05) is 18.0 Å². The molecule has 0 radical (unpaired) electrons. The highest BCUT2D eigenvalue weighted by Crippen LogP contribution is 2.59. The number of halogens is 2. The van der Waals surface area contributed by atoms with Crippen LogP contribution in [0.3, 0.4) is 0 Å². The van der Waals surface area contributed by atoms with Crippen LogP contribution in [0.4, 0.5) is 4.39 Å². The largest absolute Gasteiger partial charge is 0.436 e. The molecule has 0 aliphatic heterocycles. The summed E-state index contributed by atoms with van der Waals surface area (Å²) in [6.07, 6.45) is 4.49. The van der Waals surface area contributed by atoms with Crippen molar-refractivity contribution in [2.24, 2.45) is 23.7 Å². The van der Waals surface area contributed by atoms with E-state index in [1.54, 1.807) is 12.1 Å². The zero-order valence-corrected chi connectivity index (χ0v) is 17.0. The molecule has 2 bridgehead atoms. The summed E-state index contributed by atoms with van der Waals surface area (Å²) < 4.78 is 19.6. The maximum Gasteiger partial charge on any atom is 0.255 e. The van der Waals surface area contributed by atoms with Gasteiger partial charge < -0.3 is 4.74 Å². The van der Waals surface area contributed by atoms with Crippen LogP contribution in [0.25, 0.3) is 0 Å². The summed E-state index contributed by atoms with van der Waals surface area (Å²) in [5.41, 5.74) is 2.38. The van der Waals surface area contributed by atoms with Gasteiger partial charge in [0.2, 0.25) is 0 Å². The van der Waals surface area contributed by atoms with Gasteiger partial charge in [-0.25, -0.2) is 9.37 Å². The molecular weight excluding hydrogens is 393 g/mol. The monoisotopic (exact) mass is 413 g/mol. The van der Waals surface area contributed by atoms with E-state index in [2.05, 4.69) is 4.98 Å². The SMILES string of the molecule is Cc1cc(Oc2ncc(Cl)cc2F)cc(C)c1C1C(=O)C2C3CCC(C3)C2C1=O. The zero-order chi connectivity index (χ0) is 20.4. The Kier molecular flexibility index (Phi) is 4.28. The molecule has 3 fully saturated rings. The minimum Gasteiger partial charge on any atom is -0.436 e. The molecule has 1 aromatic carbocycles. The molecule has 5 rings (SSSR count). The predicted octanol–water partition coefficient (Wildman–Crippen LogP) is 5.18. The van der Waals surface area contributed by atoms with Gasteiger partial charge >= 0.3 is 0 Å². The third-order valence-electron chi connectivity index (χ3n) is 6.99. The number of hydrogen-bond donors (Lipinski definition) is 0. The van der Waals surface area contributed by atoms with Crippen molar-refractivity contribution in [1.29, 1.82) is 0 Å². The molecule has 150 valence electrons. The number of carbonyl (C=O) groups is 2. The average molecular weight is 414 g/mol. The van der Waals surface area contributed by atoms with Gasteiger partial charge in [-0.1, -0.05) is 11.6 Å². The van der Waals surface area contributed by atoms with Crippen molar-refractivity contribution in [3.05, 3.63) is 51.9 Å². The number of pyridine rings is 1. The number of benzene rings is 1. The van der Waals surface area contributed by atoms with Gasteiger partial charge in [0.05, 0.1) is 5.02 Å². The third-order valence-corrected chi connectivity index (χ3v) is 7.19. The molecule has 4 unspecified atom stereocenters. The lowest BCUT2D eigenvalue weighted by Crippen LogP contribution is -2.24. The summed E-state index contributed by atoms with van der Waals surface area (Å²) in [6, 6.07) is 4.61. The van der Waals surface area contributed by atoms with Crippen molar-refractivity contribution in [2.75, 3.05) is 0 Å². The Hall–Kier alpha value is -2.27. The number of ketones is 2. The van der Waals surface area contributed by atoms with Crippen molar-refractivity contribution >= 4 is 23.2 Å². The molecule has 3 aliphatic rings. The van der Waals surface area contributed by atoms with E-state index < -0.39 is 11.7 Å². The summed E-state index contributed by atoms with van der Waals surface area (Å²) >= 11 is 5.73. The lowest BCUT2D eigenvalue weighted by Gasteiger charge is -2.21. The van der Waals surface area contributed by atoms with E-state index in [1.807, 2.05) is 13.8 Å². The zero-order valence-electron chi connectivity index (χ0n) is 16.2. The number of ether oxygens (including phenoxy) is 1. The second kappa shape index (κ2) is 6.63. The van der Waals surface area contributed by atoms with Crippen molar-refractivity contribution in [1.82, 2.24) is 4.98 Å². The molecule has 0 saturated heterocycles. The molecule has 0 amide bonds. The van der Waals surface area contributed by atoms with E-state index in [-0.39, 0.29) is 34.3 Å². The number of rotatable bonds is 3. The molecule has 1 heterocycles. The topological polar surface area (TPSA) is 56.3 Å². The highest BCUT2D eigenvalue weighted by molar-refractivity contribution is 6.30. The van der Waals surface area contributed by atoms with Gasteiger partial charge in [-0.2, -0.15) is 0 Å². The first kappa shape index (κ1) is 18.7. The normalized spacial score (nSPS) is 30.1. The number of nitrogens with zero attached hydrogens (tertiary/aromatic N) is 1. The third kappa shape index (κ3) is 2.82. The first-order valence-corrected chi connectivity index (χ1v) is 10.4. The van der Waals surface area contributed by atoms with Gasteiger partial charge in [0.15, 0.2) is 17.4 Å². The van der Waals surface area contributed by atoms with Crippen molar-refractivity contribution in [2.45, 2.75) is 39.0 Å². The highest BCUT2D eigenvalue weighted by Gasteiger charge is 2.61. The summed E-state index contributed by atoms with van der Waals surface area (Å²) in [6.45, 7) is 3.73. The van der Waals surface area contributed by atoms with Gasteiger partial charge in [0.25, 0.3) is 5.88 Å². The quantitative estimate of drug-likeness (QED) is 0.650. The van der Waals surface area contributed by atoms with E-state index in [1.165, 1.54) is 6.20 Å². The van der Waals surface area contributed by atoms with Crippen LogP contribution in [0, 0.1) is 43.3 Å². The molecule has 4 nitrogen and oxygen atoms in total. The Morgan fingerprint density at radius 3 is 2.17 bits per heavy atom. The van der Waals surface area contributed by atoms with E-state index in [0.717, 1.165) is 42.0 Å². The van der Waals surface area contributed by atoms with Crippen molar-refractivity contribution < 1.29 is 18.7 Å². The van der Waals surface area contributed by atoms with E-state index in [0.29, 0.717) is 17.6 Å². The number of fused-ring (bicyclic) bond motifs is 5. The lowest BCUT2D eigenvalue weighted by molar-refractivity contribution is -0.125. The maximum absolute atomic E-state index is 14.0. The van der Waals surface area contributed by atoms with Gasteiger partial charge in [0.1, 0.15) is 11.7 Å². The van der Waals surface area contributed by atoms with Crippen LogP contribution >= 0.6 is 11.6 Å². The molecule has 6 heteroatoms. The fourth-order valence-corrected chi connectivity index (χ4v) is 6.10. The Bertz CT molecular complexity index is 1000. The summed E-state index contributed by atoms with van der Waals surface area (Å²) in [7, 11) is 0. The van der Waals surface area contributed by atoms with Crippen LogP contribution < -0.4 is 4.74 Å². The summed E-state index contributed by atoms with van der Waals surface area (Å²) in [5.74, 6) is -0.302. The number of carbonyl (C=O) groups excluding carboxylic acids is 2. The molecule has 2 aromatic rings. The van der Waals surface area contributed by atoms with Crippen molar-refractivity contribution in [3.8, 4) is 11.6 Å². The minimum absolute atomic E-state index is 0.0895. The molecule has 4 atom stereocenters. The Morgan fingerprint density at radius 2 is 1.62 bits per heavy atom. The fraction of sp³-hybridized carbons (Fsp3) is 0.435. The molecule has 29 heavy (non-hydrogen) atoms. The van der Waals surface area contributed by atoms with Crippen molar-refractivity contribution in [3.63, 3.8) is 0 Å². The van der Waals surface area contributed by atoms with Gasteiger partial charge in [-0.05, 0) is 79.8 Å². The smallest absolute Gasteiger partial charge is 0.255 e. The lowest BCUT2D eigenvalue weighted by atomic mass is 9.81. The van der Waals surface area contributed by atoms with Gasteiger partial charge in [-0.15, -0.1) is 0 Å². The second-order valence-electron chi connectivity index (χ2n) is 8.64. The Labute approximate surface area is 173 Å². The van der Waals surface area contributed by atoms with Crippen LogP contribution in [-0.2, 0) is 9.59 Å². The standard InChI is InChI=1S/C23H21ClFNO3/c1-10-5-15(29-23-16(25)8-14(24)9-26-23)6-11(2)17(10)20-21(27)18-12-3-4-13(7-12)19(18)22(20)28/h5-6,8-9,12-13,18-20H,3-4,7H2,1-2H3. The molecule has 1 aromatic heterocycles. The fourth-order valence-electron chi connectivity index (χ4n) is 5.96. The molecule has 3 aliphatic carbocycles. The number of Topliss-reactive ketones (excluding diaryl/α,β-unsaturated/α-hetero) is 2. The van der Waals surface area contributed by atoms with E-state index in [9.17, 15) is 14.0 Å².